The van der Waals surface area contributed by atoms with Crippen LogP contribution in [0.2, 0.25) is 0 Å². The lowest BCUT2D eigenvalue weighted by Crippen LogP contribution is -2.53. The number of aliphatic hydroxyl groups is 1. The smallest absolute Gasteiger partial charge is 0.287 e. The Morgan fingerprint density at radius 2 is 2.42 bits per heavy atom. The van der Waals surface area contributed by atoms with Crippen molar-refractivity contribution in [2.45, 2.75) is 44.7 Å². The van der Waals surface area contributed by atoms with Crippen molar-refractivity contribution in [3.63, 3.8) is 0 Å². The molecule has 1 saturated carbocycles. The molecule has 1 aromatic heterocycles. The third-order valence-corrected chi connectivity index (χ3v) is 3.86. The molecular formula is C14H22N2O3. The Morgan fingerprint density at radius 1 is 1.63 bits per heavy atom. The number of hydrogen-bond acceptors (Lipinski definition) is 4. The first-order chi connectivity index (χ1) is 9.08. The quantitative estimate of drug-likeness (QED) is 0.768. The van der Waals surface area contributed by atoms with Gasteiger partial charge in [-0.3, -0.25) is 4.79 Å². The third kappa shape index (κ3) is 3.16. The van der Waals surface area contributed by atoms with Crippen LogP contribution in [-0.4, -0.2) is 23.2 Å². The summed E-state index contributed by atoms with van der Waals surface area (Å²) in [4.78, 5) is 12.2. The molecule has 1 heterocycles. The first kappa shape index (κ1) is 14.1. The summed E-state index contributed by atoms with van der Waals surface area (Å²) in [7, 11) is 0. The van der Waals surface area contributed by atoms with E-state index >= 15 is 0 Å². The van der Waals surface area contributed by atoms with Gasteiger partial charge in [0, 0.05) is 0 Å². The second-order valence-electron chi connectivity index (χ2n) is 5.56. The van der Waals surface area contributed by atoms with Gasteiger partial charge in [-0.15, -0.1) is 0 Å². The van der Waals surface area contributed by atoms with Gasteiger partial charge < -0.3 is 20.6 Å². The minimum atomic E-state index is -0.510. The first-order valence-corrected chi connectivity index (χ1v) is 6.81. The molecule has 2 rings (SSSR count). The van der Waals surface area contributed by atoms with Crippen molar-refractivity contribution in [2.24, 2.45) is 11.7 Å². The summed E-state index contributed by atoms with van der Waals surface area (Å²) >= 11 is 0. The van der Waals surface area contributed by atoms with E-state index < -0.39 is 5.54 Å². The van der Waals surface area contributed by atoms with E-state index in [4.69, 9.17) is 10.2 Å². The van der Waals surface area contributed by atoms with Crippen LogP contribution in [0, 0.1) is 5.92 Å². The average molecular weight is 266 g/mol. The number of carbonyl (C=O) groups excluding carboxylic acids is 1. The lowest BCUT2D eigenvalue weighted by Gasteiger charge is -2.39. The molecule has 1 aromatic rings. The zero-order valence-electron chi connectivity index (χ0n) is 11.3. The normalized spacial score (nSPS) is 27.2. The molecule has 0 aromatic carbocycles. The van der Waals surface area contributed by atoms with Crippen molar-refractivity contribution < 1.29 is 14.3 Å². The standard InChI is InChI=1S/C14H22N2O3/c1-10-3-2-6-14(7-10,9-17)16-13(18)12-5-4-11(8-15)19-12/h4-5,10,17H,2-3,6-9,15H2,1H3,(H,16,18). The lowest BCUT2D eigenvalue weighted by atomic mass is 9.77. The Morgan fingerprint density at radius 3 is 3.00 bits per heavy atom. The molecule has 1 fully saturated rings. The van der Waals surface area contributed by atoms with Crippen LogP contribution in [0.1, 0.15) is 48.9 Å². The summed E-state index contributed by atoms with van der Waals surface area (Å²) in [5.41, 5.74) is 4.94. The molecule has 2 atom stereocenters. The minimum absolute atomic E-state index is 0.0342. The molecule has 5 nitrogen and oxygen atoms in total. The fourth-order valence-electron chi connectivity index (χ4n) is 2.87. The van der Waals surface area contributed by atoms with Gasteiger partial charge in [-0.1, -0.05) is 19.8 Å². The molecule has 0 spiro atoms. The summed E-state index contributed by atoms with van der Waals surface area (Å²) in [6.45, 7) is 2.39. The van der Waals surface area contributed by atoms with Crippen LogP contribution in [0.5, 0.6) is 0 Å². The maximum absolute atomic E-state index is 12.2. The van der Waals surface area contributed by atoms with Gasteiger partial charge in [0.05, 0.1) is 18.7 Å². The van der Waals surface area contributed by atoms with Gasteiger partial charge in [0.25, 0.3) is 5.91 Å². The van der Waals surface area contributed by atoms with Crippen molar-refractivity contribution in [2.75, 3.05) is 6.61 Å². The molecule has 0 saturated heterocycles. The highest BCUT2D eigenvalue weighted by atomic mass is 16.4. The van der Waals surface area contributed by atoms with Crippen molar-refractivity contribution in [3.05, 3.63) is 23.7 Å². The monoisotopic (exact) mass is 266 g/mol. The molecule has 5 heteroatoms. The SMILES string of the molecule is CC1CCCC(CO)(NC(=O)c2ccc(CN)o2)C1. The number of hydrogen-bond donors (Lipinski definition) is 3. The van der Waals surface area contributed by atoms with E-state index in [-0.39, 0.29) is 24.8 Å². The third-order valence-electron chi connectivity index (χ3n) is 3.86. The first-order valence-electron chi connectivity index (χ1n) is 6.81. The van der Waals surface area contributed by atoms with E-state index in [9.17, 15) is 9.90 Å². The molecule has 19 heavy (non-hydrogen) atoms. The van der Waals surface area contributed by atoms with E-state index in [1.807, 2.05) is 0 Å². The lowest BCUT2D eigenvalue weighted by molar-refractivity contribution is 0.0672. The molecule has 2 unspecified atom stereocenters. The Labute approximate surface area is 113 Å². The molecule has 4 N–H and O–H groups in total. The topological polar surface area (TPSA) is 88.5 Å². The zero-order chi connectivity index (χ0) is 13.9. The van der Waals surface area contributed by atoms with Crippen LogP contribution >= 0.6 is 0 Å². The maximum Gasteiger partial charge on any atom is 0.287 e. The predicted octanol–water partition coefficient (Wildman–Crippen LogP) is 1.41. The molecule has 0 aliphatic heterocycles. The summed E-state index contributed by atoms with van der Waals surface area (Å²) in [5, 5.41) is 12.6. The van der Waals surface area contributed by atoms with E-state index in [0.29, 0.717) is 11.7 Å². The number of rotatable bonds is 4. The van der Waals surface area contributed by atoms with E-state index in [1.54, 1.807) is 12.1 Å². The zero-order valence-corrected chi connectivity index (χ0v) is 11.3. The number of amides is 1. The van der Waals surface area contributed by atoms with Crippen molar-refractivity contribution in [1.29, 1.82) is 0 Å². The van der Waals surface area contributed by atoms with Gasteiger partial charge in [-0.25, -0.2) is 0 Å². The minimum Gasteiger partial charge on any atom is -0.455 e. The molecule has 0 radical (unpaired) electrons. The summed E-state index contributed by atoms with van der Waals surface area (Å²) in [6.07, 6.45) is 3.79. The van der Waals surface area contributed by atoms with Crippen molar-refractivity contribution in [1.82, 2.24) is 5.32 Å². The average Bonchev–Trinajstić information content (AvgIpc) is 2.87. The molecular weight excluding hydrogens is 244 g/mol. The van der Waals surface area contributed by atoms with Gasteiger partial charge in [-0.2, -0.15) is 0 Å². The van der Waals surface area contributed by atoms with Crippen LogP contribution in [0.3, 0.4) is 0 Å². The highest BCUT2D eigenvalue weighted by Gasteiger charge is 2.36. The fraction of sp³-hybridized carbons (Fsp3) is 0.643. The van der Waals surface area contributed by atoms with E-state index in [2.05, 4.69) is 12.2 Å². The molecule has 1 aliphatic carbocycles. The second kappa shape index (κ2) is 5.75. The van der Waals surface area contributed by atoms with Crippen molar-refractivity contribution >= 4 is 5.91 Å². The predicted molar refractivity (Wildman–Crippen MR) is 71.5 cm³/mol. The molecule has 1 amide bonds. The summed E-state index contributed by atoms with van der Waals surface area (Å²) in [5.74, 6) is 1.08. The van der Waals surface area contributed by atoms with Gasteiger partial charge in [0.2, 0.25) is 0 Å². The number of nitrogens with one attached hydrogen (secondary N) is 1. The maximum atomic E-state index is 12.2. The largest absolute Gasteiger partial charge is 0.455 e. The number of furan rings is 1. The van der Waals surface area contributed by atoms with Gasteiger partial charge in [0.15, 0.2) is 5.76 Å². The number of carbonyl (C=O) groups is 1. The second-order valence-corrected chi connectivity index (χ2v) is 5.56. The number of aliphatic hydroxyl groups excluding tert-OH is 1. The highest BCUT2D eigenvalue weighted by molar-refractivity contribution is 5.92. The molecule has 0 bridgehead atoms. The fourth-order valence-corrected chi connectivity index (χ4v) is 2.87. The Kier molecular flexibility index (Phi) is 4.27. The van der Waals surface area contributed by atoms with Gasteiger partial charge in [0.1, 0.15) is 5.76 Å². The van der Waals surface area contributed by atoms with Crippen molar-refractivity contribution in [3.8, 4) is 0 Å². The van der Waals surface area contributed by atoms with Crippen LogP contribution in [0.25, 0.3) is 0 Å². The van der Waals surface area contributed by atoms with Gasteiger partial charge >= 0.3 is 0 Å². The Bertz CT molecular complexity index is 444. The molecule has 106 valence electrons. The van der Waals surface area contributed by atoms with Crippen LogP contribution in [0.4, 0.5) is 0 Å². The van der Waals surface area contributed by atoms with Gasteiger partial charge in [-0.05, 0) is 30.9 Å². The van der Waals surface area contributed by atoms with Crippen LogP contribution in [0.15, 0.2) is 16.5 Å². The Hall–Kier alpha value is -1.33. The van der Waals surface area contributed by atoms with E-state index in [1.165, 1.54) is 0 Å². The van der Waals surface area contributed by atoms with E-state index in [0.717, 1.165) is 25.7 Å². The summed E-state index contributed by atoms with van der Waals surface area (Å²) in [6, 6.07) is 3.32. The summed E-state index contributed by atoms with van der Waals surface area (Å²) < 4.78 is 5.33. The van der Waals surface area contributed by atoms with Crippen LogP contribution in [-0.2, 0) is 6.54 Å². The highest BCUT2D eigenvalue weighted by Crippen LogP contribution is 2.32. The Balaban J connectivity index is 2.07. The molecule has 1 aliphatic rings. The number of nitrogens with two attached hydrogens (primary N) is 1. The van der Waals surface area contributed by atoms with Crippen LogP contribution < -0.4 is 11.1 Å².